The fourth-order valence-electron chi connectivity index (χ4n) is 2.41. The number of anilines is 1. The van der Waals surface area contributed by atoms with E-state index in [0.717, 1.165) is 42.9 Å². The van der Waals surface area contributed by atoms with E-state index in [1.54, 1.807) is 0 Å². The third-order valence-electron chi connectivity index (χ3n) is 3.48. The van der Waals surface area contributed by atoms with Crippen molar-refractivity contribution in [3.8, 4) is 0 Å². The summed E-state index contributed by atoms with van der Waals surface area (Å²) in [6.07, 6.45) is 2.20. The maximum atomic E-state index is 5.98. The Bertz CT molecular complexity index is 406. The van der Waals surface area contributed by atoms with Gasteiger partial charge >= 0.3 is 0 Å². The minimum Gasteiger partial charge on any atom is -0.398 e. The number of benzene rings is 1. The van der Waals surface area contributed by atoms with Gasteiger partial charge in [0.15, 0.2) is 0 Å². The van der Waals surface area contributed by atoms with Crippen molar-refractivity contribution in [1.29, 1.82) is 0 Å². The lowest BCUT2D eigenvalue weighted by atomic mass is 9.87. The average Bonchev–Trinajstić information content (AvgIpc) is 2.35. The van der Waals surface area contributed by atoms with Crippen molar-refractivity contribution in [2.45, 2.75) is 12.8 Å². The van der Waals surface area contributed by atoms with Gasteiger partial charge in [-0.25, -0.2) is 0 Å². The molecule has 1 heterocycles. The third-order valence-corrected chi connectivity index (χ3v) is 3.48. The predicted octanol–water partition coefficient (Wildman–Crippen LogP) is 1.27. The van der Waals surface area contributed by atoms with Gasteiger partial charge in [0.2, 0.25) is 0 Å². The molecule has 1 aliphatic rings. The number of hydrazone groups is 1. The maximum absolute atomic E-state index is 5.98. The van der Waals surface area contributed by atoms with Crippen LogP contribution in [0, 0.1) is 5.92 Å². The van der Waals surface area contributed by atoms with Crippen molar-refractivity contribution in [2.75, 3.05) is 25.9 Å². The van der Waals surface area contributed by atoms with Gasteiger partial charge < -0.3 is 16.5 Å². The van der Waals surface area contributed by atoms with E-state index >= 15 is 0 Å². The van der Waals surface area contributed by atoms with E-state index in [0.29, 0.717) is 5.92 Å². The molecule has 1 aliphatic heterocycles. The van der Waals surface area contributed by atoms with Crippen LogP contribution < -0.4 is 11.6 Å². The Balaban J connectivity index is 2.21. The van der Waals surface area contributed by atoms with Gasteiger partial charge in [0.25, 0.3) is 0 Å². The Morgan fingerprint density at radius 1 is 1.29 bits per heavy atom. The number of nitrogen functional groups attached to an aromatic ring is 1. The molecule has 1 saturated heterocycles. The lowest BCUT2D eigenvalue weighted by molar-refractivity contribution is 0.252. The zero-order chi connectivity index (χ0) is 12.3. The van der Waals surface area contributed by atoms with E-state index in [9.17, 15) is 0 Å². The van der Waals surface area contributed by atoms with Crippen molar-refractivity contribution in [3.63, 3.8) is 0 Å². The van der Waals surface area contributed by atoms with Crippen LogP contribution in [-0.4, -0.2) is 30.7 Å². The molecule has 2 rings (SSSR count). The highest BCUT2D eigenvalue weighted by atomic mass is 15.1. The fraction of sp³-hybridized carbons (Fsp3) is 0.462. The normalized spacial score (nSPS) is 19.5. The SMILES string of the molecule is CN1CCC(/C(=N\N)c2ccccc2N)CC1. The third kappa shape index (κ3) is 2.58. The van der Waals surface area contributed by atoms with Gasteiger partial charge in [-0.1, -0.05) is 18.2 Å². The van der Waals surface area contributed by atoms with Crippen molar-refractivity contribution in [3.05, 3.63) is 29.8 Å². The van der Waals surface area contributed by atoms with Gasteiger partial charge in [-0.05, 0) is 39.0 Å². The highest BCUT2D eigenvalue weighted by Crippen LogP contribution is 2.24. The number of piperidine rings is 1. The van der Waals surface area contributed by atoms with E-state index in [4.69, 9.17) is 11.6 Å². The number of nitrogens with zero attached hydrogens (tertiary/aromatic N) is 2. The minimum absolute atomic E-state index is 0.431. The van der Waals surface area contributed by atoms with E-state index < -0.39 is 0 Å². The molecule has 0 atom stereocenters. The first-order valence-electron chi connectivity index (χ1n) is 6.03. The van der Waals surface area contributed by atoms with Gasteiger partial charge in [-0.3, -0.25) is 0 Å². The molecule has 0 aliphatic carbocycles. The van der Waals surface area contributed by atoms with E-state index in [1.165, 1.54) is 0 Å². The molecule has 0 bridgehead atoms. The number of hydrogen-bond acceptors (Lipinski definition) is 4. The minimum atomic E-state index is 0.431. The second kappa shape index (κ2) is 5.19. The Hall–Kier alpha value is -1.55. The van der Waals surface area contributed by atoms with Crippen LogP contribution in [0.2, 0.25) is 0 Å². The second-order valence-corrected chi connectivity index (χ2v) is 4.68. The molecule has 0 aromatic heterocycles. The van der Waals surface area contributed by atoms with Crippen LogP contribution in [0.1, 0.15) is 18.4 Å². The lowest BCUT2D eigenvalue weighted by Gasteiger charge is -2.29. The molecule has 1 fully saturated rings. The second-order valence-electron chi connectivity index (χ2n) is 4.68. The number of para-hydroxylation sites is 1. The predicted molar refractivity (Wildman–Crippen MR) is 71.8 cm³/mol. The summed E-state index contributed by atoms with van der Waals surface area (Å²) in [6.45, 7) is 2.19. The number of rotatable bonds is 2. The summed E-state index contributed by atoms with van der Waals surface area (Å²) in [5.41, 5.74) is 8.69. The molecule has 4 heteroatoms. The topological polar surface area (TPSA) is 67.6 Å². The van der Waals surface area contributed by atoms with Crippen LogP contribution in [0.3, 0.4) is 0 Å². The summed E-state index contributed by atoms with van der Waals surface area (Å²) in [5, 5.41) is 3.99. The van der Waals surface area contributed by atoms with Crippen molar-refractivity contribution in [2.24, 2.45) is 16.9 Å². The average molecular weight is 232 g/mol. The zero-order valence-electron chi connectivity index (χ0n) is 10.3. The maximum Gasteiger partial charge on any atom is 0.0725 e. The molecule has 1 aromatic rings. The van der Waals surface area contributed by atoms with Crippen LogP contribution in [-0.2, 0) is 0 Å². The van der Waals surface area contributed by atoms with Gasteiger partial charge in [0.05, 0.1) is 5.71 Å². The summed E-state index contributed by atoms with van der Waals surface area (Å²) in [7, 11) is 2.15. The van der Waals surface area contributed by atoms with Gasteiger partial charge in [0, 0.05) is 17.2 Å². The molecule has 17 heavy (non-hydrogen) atoms. The van der Waals surface area contributed by atoms with Crippen LogP contribution in [0.5, 0.6) is 0 Å². The smallest absolute Gasteiger partial charge is 0.0725 e. The summed E-state index contributed by atoms with van der Waals surface area (Å²) in [4.78, 5) is 2.33. The van der Waals surface area contributed by atoms with E-state index in [2.05, 4.69) is 17.0 Å². The molecular weight excluding hydrogens is 212 g/mol. The number of likely N-dealkylation sites (tertiary alicyclic amines) is 1. The molecule has 4 N–H and O–H groups in total. The quantitative estimate of drug-likeness (QED) is 0.349. The van der Waals surface area contributed by atoms with Crippen molar-refractivity contribution >= 4 is 11.4 Å². The summed E-state index contributed by atoms with van der Waals surface area (Å²) in [5.74, 6) is 5.99. The molecule has 0 amide bonds. The van der Waals surface area contributed by atoms with Gasteiger partial charge in [-0.2, -0.15) is 5.10 Å². The molecule has 0 spiro atoms. The Morgan fingerprint density at radius 3 is 2.53 bits per heavy atom. The first-order valence-corrected chi connectivity index (χ1v) is 6.03. The molecule has 4 nitrogen and oxygen atoms in total. The van der Waals surface area contributed by atoms with Crippen LogP contribution in [0.15, 0.2) is 29.4 Å². The van der Waals surface area contributed by atoms with E-state index in [-0.39, 0.29) is 0 Å². The van der Waals surface area contributed by atoms with Crippen LogP contribution in [0.4, 0.5) is 5.69 Å². The van der Waals surface area contributed by atoms with Crippen molar-refractivity contribution < 1.29 is 0 Å². The largest absolute Gasteiger partial charge is 0.398 e. The van der Waals surface area contributed by atoms with Gasteiger partial charge in [-0.15, -0.1) is 0 Å². The molecule has 1 aromatic carbocycles. The monoisotopic (exact) mass is 232 g/mol. The molecule has 0 unspecified atom stereocenters. The molecular formula is C13H20N4. The van der Waals surface area contributed by atoms with Gasteiger partial charge in [0.1, 0.15) is 0 Å². The lowest BCUT2D eigenvalue weighted by Crippen LogP contribution is -2.34. The van der Waals surface area contributed by atoms with Crippen molar-refractivity contribution in [1.82, 2.24) is 4.90 Å². The van der Waals surface area contributed by atoms with Crippen LogP contribution >= 0.6 is 0 Å². The summed E-state index contributed by atoms with van der Waals surface area (Å²) >= 11 is 0. The van der Waals surface area contributed by atoms with E-state index in [1.807, 2.05) is 24.3 Å². The zero-order valence-corrected chi connectivity index (χ0v) is 10.3. The number of nitrogens with two attached hydrogens (primary N) is 2. The Labute approximate surface area is 102 Å². The highest BCUT2D eigenvalue weighted by Gasteiger charge is 2.23. The summed E-state index contributed by atoms with van der Waals surface area (Å²) in [6, 6.07) is 7.81. The first kappa shape index (κ1) is 11.9. The summed E-state index contributed by atoms with van der Waals surface area (Å²) < 4.78 is 0. The standard InChI is InChI=1S/C13H20N4/c1-17-8-6-10(7-9-17)13(16-15)11-4-2-3-5-12(11)14/h2-5,10H,6-9,14-15H2,1H3/b16-13+. The molecule has 92 valence electrons. The first-order chi connectivity index (χ1) is 8.22. The van der Waals surface area contributed by atoms with Crippen LogP contribution in [0.25, 0.3) is 0 Å². The highest BCUT2D eigenvalue weighted by molar-refractivity contribution is 6.06. The fourth-order valence-corrected chi connectivity index (χ4v) is 2.41. The molecule has 0 radical (unpaired) electrons. The Morgan fingerprint density at radius 2 is 1.94 bits per heavy atom. The number of hydrogen-bond donors (Lipinski definition) is 2. The Kier molecular flexibility index (Phi) is 3.64. The molecule has 0 saturated carbocycles.